The molecular weight excluding hydrogens is 466 g/mol. The van der Waals surface area contributed by atoms with E-state index in [2.05, 4.69) is 39.9 Å². The zero-order valence-electron chi connectivity index (χ0n) is 19.5. The summed E-state index contributed by atoms with van der Waals surface area (Å²) in [7, 11) is 0. The molecule has 0 radical (unpaired) electrons. The maximum absolute atomic E-state index is 12.4. The molecular formula is C26H27N3O5S. The van der Waals surface area contributed by atoms with Crippen molar-refractivity contribution in [3.05, 3.63) is 75.2 Å². The summed E-state index contributed by atoms with van der Waals surface area (Å²) in [5, 5.41) is 15.1. The zero-order valence-corrected chi connectivity index (χ0v) is 20.4. The summed E-state index contributed by atoms with van der Waals surface area (Å²) in [6.07, 6.45) is -0.0771. The van der Waals surface area contributed by atoms with Crippen molar-refractivity contribution in [2.45, 2.75) is 32.7 Å². The molecule has 0 saturated carbocycles. The van der Waals surface area contributed by atoms with E-state index in [0.717, 1.165) is 11.1 Å². The molecule has 0 bridgehead atoms. The van der Waals surface area contributed by atoms with Crippen molar-refractivity contribution in [1.29, 1.82) is 0 Å². The average molecular weight is 494 g/mol. The standard InChI is InChI=1S/C26H27N3O5S/c1-15(24(30)28-13-22-29-23(25(31)32)16(2)35-22)11-12-27-26(33)34-14-21-19-9-5-3-7-17(19)18-8-4-6-10-20(18)21/h3-10,15,21H,11-14H2,1-2H3,(H,27,33)(H,28,30)(H,31,32). The number of carboxylic acids is 1. The highest BCUT2D eigenvalue weighted by Crippen LogP contribution is 2.44. The van der Waals surface area contributed by atoms with E-state index in [9.17, 15) is 14.4 Å². The fourth-order valence-corrected chi connectivity index (χ4v) is 5.10. The first kappa shape index (κ1) is 24.4. The first-order valence-corrected chi connectivity index (χ1v) is 12.2. The molecule has 0 saturated heterocycles. The number of thiazole rings is 1. The normalized spacial score (nSPS) is 13.0. The molecule has 0 fully saturated rings. The number of aromatic nitrogens is 1. The number of ether oxygens (including phenoxy) is 1. The smallest absolute Gasteiger partial charge is 0.407 e. The van der Waals surface area contributed by atoms with Gasteiger partial charge in [0.2, 0.25) is 5.91 Å². The number of carboxylic acid groups (broad SMARTS) is 1. The van der Waals surface area contributed by atoms with Gasteiger partial charge in [-0.3, -0.25) is 4.79 Å². The van der Waals surface area contributed by atoms with Crippen molar-refractivity contribution >= 4 is 29.3 Å². The van der Waals surface area contributed by atoms with Gasteiger partial charge in [0.15, 0.2) is 5.69 Å². The van der Waals surface area contributed by atoms with Crippen LogP contribution in [0.2, 0.25) is 0 Å². The second kappa shape index (κ2) is 10.7. The number of carbonyl (C=O) groups is 3. The van der Waals surface area contributed by atoms with Gasteiger partial charge in [-0.2, -0.15) is 0 Å². The van der Waals surface area contributed by atoms with Gasteiger partial charge >= 0.3 is 12.1 Å². The van der Waals surface area contributed by atoms with Crippen molar-refractivity contribution in [3.63, 3.8) is 0 Å². The summed E-state index contributed by atoms with van der Waals surface area (Å²) in [6, 6.07) is 16.3. The highest BCUT2D eigenvalue weighted by atomic mass is 32.1. The summed E-state index contributed by atoms with van der Waals surface area (Å²) < 4.78 is 5.51. The van der Waals surface area contributed by atoms with Crippen LogP contribution in [0.25, 0.3) is 11.1 Å². The lowest BCUT2D eigenvalue weighted by molar-refractivity contribution is -0.124. The maximum atomic E-state index is 12.4. The van der Waals surface area contributed by atoms with Crippen LogP contribution in [0.5, 0.6) is 0 Å². The van der Waals surface area contributed by atoms with Crippen LogP contribution >= 0.6 is 11.3 Å². The van der Waals surface area contributed by atoms with Crippen LogP contribution < -0.4 is 10.6 Å². The molecule has 1 unspecified atom stereocenters. The Balaban J connectivity index is 1.21. The third-order valence-corrected chi connectivity index (χ3v) is 7.07. The third kappa shape index (κ3) is 5.51. The summed E-state index contributed by atoms with van der Waals surface area (Å²) in [5.41, 5.74) is 4.66. The maximum Gasteiger partial charge on any atom is 0.407 e. The summed E-state index contributed by atoms with van der Waals surface area (Å²) >= 11 is 1.25. The second-order valence-electron chi connectivity index (χ2n) is 8.48. The molecule has 3 aromatic rings. The van der Waals surface area contributed by atoms with Crippen LogP contribution in [0.3, 0.4) is 0 Å². The van der Waals surface area contributed by atoms with Crippen LogP contribution in [-0.2, 0) is 16.1 Å². The van der Waals surface area contributed by atoms with Crippen LogP contribution in [0.15, 0.2) is 48.5 Å². The van der Waals surface area contributed by atoms with Gasteiger partial charge in [0, 0.05) is 23.3 Å². The molecule has 1 heterocycles. The monoisotopic (exact) mass is 493 g/mol. The lowest BCUT2D eigenvalue weighted by atomic mass is 9.98. The van der Waals surface area contributed by atoms with Crippen LogP contribution in [0, 0.1) is 12.8 Å². The van der Waals surface area contributed by atoms with Crippen molar-refractivity contribution in [2.75, 3.05) is 13.2 Å². The minimum Gasteiger partial charge on any atom is -0.476 e. The van der Waals surface area contributed by atoms with E-state index in [1.165, 1.54) is 22.5 Å². The van der Waals surface area contributed by atoms with E-state index in [1.807, 2.05) is 24.3 Å². The van der Waals surface area contributed by atoms with Gasteiger partial charge in [0.1, 0.15) is 11.6 Å². The van der Waals surface area contributed by atoms with Gasteiger partial charge in [-0.15, -0.1) is 11.3 Å². The number of amides is 2. The lowest BCUT2D eigenvalue weighted by Gasteiger charge is -2.15. The van der Waals surface area contributed by atoms with Crippen LogP contribution in [0.1, 0.15) is 50.8 Å². The number of hydrogen-bond acceptors (Lipinski definition) is 6. The topological polar surface area (TPSA) is 118 Å². The van der Waals surface area contributed by atoms with E-state index in [1.54, 1.807) is 13.8 Å². The fourth-order valence-electron chi connectivity index (χ4n) is 4.23. The molecule has 8 nitrogen and oxygen atoms in total. The quantitative estimate of drug-likeness (QED) is 0.408. The molecule has 1 aliphatic rings. The van der Waals surface area contributed by atoms with Crippen molar-refractivity contribution < 1.29 is 24.2 Å². The number of nitrogens with one attached hydrogen (secondary N) is 2. The number of fused-ring (bicyclic) bond motifs is 3. The van der Waals surface area contributed by atoms with Crippen molar-refractivity contribution in [3.8, 4) is 11.1 Å². The molecule has 4 rings (SSSR count). The molecule has 1 atom stereocenters. The molecule has 9 heteroatoms. The highest BCUT2D eigenvalue weighted by Gasteiger charge is 2.29. The van der Waals surface area contributed by atoms with Crippen molar-refractivity contribution in [2.24, 2.45) is 5.92 Å². The minimum absolute atomic E-state index is 0.00556. The zero-order chi connectivity index (χ0) is 24.9. The van der Waals surface area contributed by atoms with E-state index in [0.29, 0.717) is 22.9 Å². The molecule has 1 aliphatic carbocycles. The summed E-state index contributed by atoms with van der Waals surface area (Å²) in [6.45, 7) is 4.16. The third-order valence-electron chi connectivity index (χ3n) is 6.10. The van der Waals surface area contributed by atoms with Gasteiger partial charge < -0.3 is 20.5 Å². The Morgan fingerprint density at radius 1 is 1.06 bits per heavy atom. The molecule has 182 valence electrons. The van der Waals surface area contributed by atoms with Crippen LogP contribution in [0.4, 0.5) is 4.79 Å². The minimum atomic E-state index is -1.08. The van der Waals surface area contributed by atoms with E-state index >= 15 is 0 Å². The first-order chi connectivity index (χ1) is 16.8. The predicted molar refractivity (Wildman–Crippen MR) is 133 cm³/mol. The van der Waals surface area contributed by atoms with Gasteiger partial charge in [0.25, 0.3) is 0 Å². The fraction of sp³-hybridized carbons (Fsp3) is 0.308. The summed E-state index contributed by atoms with van der Waals surface area (Å²) in [5.74, 6) is -1.62. The number of aromatic carboxylic acids is 1. The molecule has 2 amide bonds. The molecule has 3 N–H and O–H groups in total. The summed E-state index contributed by atoms with van der Waals surface area (Å²) in [4.78, 5) is 40.4. The molecule has 0 aliphatic heterocycles. The number of nitrogens with zero attached hydrogens (tertiary/aromatic N) is 1. The Morgan fingerprint density at radius 3 is 2.29 bits per heavy atom. The van der Waals surface area contributed by atoms with E-state index < -0.39 is 12.1 Å². The number of hydrogen-bond donors (Lipinski definition) is 3. The number of aryl methyl sites for hydroxylation is 1. The number of carbonyl (C=O) groups excluding carboxylic acids is 2. The van der Waals surface area contributed by atoms with Gasteiger partial charge in [-0.25, -0.2) is 14.6 Å². The second-order valence-corrected chi connectivity index (χ2v) is 9.77. The van der Waals surface area contributed by atoms with Crippen molar-refractivity contribution in [1.82, 2.24) is 15.6 Å². The Labute approximate surface area is 207 Å². The molecule has 2 aromatic carbocycles. The Hall–Kier alpha value is -3.72. The lowest BCUT2D eigenvalue weighted by Crippen LogP contribution is -2.33. The number of alkyl carbamates (subject to hydrolysis) is 1. The van der Waals surface area contributed by atoms with Crippen LogP contribution in [-0.4, -0.2) is 41.2 Å². The van der Waals surface area contributed by atoms with Gasteiger partial charge in [-0.05, 0) is 35.6 Å². The number of benzene rings is 2. The molecule has 35 heavy (non-hydrogen) atoms. The predicted octanol–water partition coefficient (Wildman–Crippen LogP) is 4.33. The first-order valence-electron chi connectivity index (χ1n) is 11.4. The molecule has 1 aromatic heterocycles. The van der Waals surface area contributed by atoms with E-state index in [4.69, 9.17) is 9.84 Å². The SMILES string of the molecule is Cc1sc(CNC(=O)C(C)CCNC(=O)OCC2c3ccccc3-c3ccccc32)nc1C(=O)O. The van der Waals surface area contributed by atoms with Gasteiger partial charge in [-0.1, -0.05) is 55.5 Å². The Kier molecular flexibility index (Phi) is 7.45. The van der Waals surface area contributed by atoms with E-state index in [-0.39, 0.29) is 36.6 Å². The largest absolute Gasteiger partial charge is 0.476 e. The average Bonchev–Trinajstić information content (AvgIpc) is 3.38. The number of rotatable bonds is 9. The van der Waals surface area contributed by atoms with Gasteiger partial charge in [0.05, 0.1) is 6.54 Å². The Morgan fingerprint density at radius 2 is 1.69 bits per heavy atom. The Bertz CT molecular complexity index is 1210. The highest BCUT2D eigenvalue weighted by molar-refractivity contribution is 7.11. The molecule has 0 spiro atoms.